The number of pyridine rings is 1. The van der Waals surface area contributed by atoms with Gasteiger partial charge in [-0.3, -0.25) is 9.69 Å². The van der Waals surface area contributed by atoms with Crippen LogP contribution in [-0.4, -0.2) is 74.4 Å². The highest BCUT2D eigenvalue weighted by molar-refractivity contribution is 5.97. The van der Waals surface area contributed by atoms with Crippen LogP contribution in [-0.2, 0) is 9.47 Å². The second kappa shape index (κ2) is 7.04. The normalized spacial score (nSPS) is 23.5. The summed E-state index contributed by atoms with van der Waals surface area (Å²) in [5.74, 6) is 0.255. The van der Waals surface area contributed by atoms with Crippen molar-refractivity contribution in [3.05, 3.63) is 23.9 Å². The van der Waals surface area contributed by atoms with E-state index in [1.54, 1.807) is 18.3 Å². The van der Waals surface area contributed by atoms with Crippen LogP contribution in [0.4, 0.5) is 5.82 Å². The van der Waals surface area contributed by atoms with Crippen LogP contribution in [0.15, 0.2) is 18.3 Å². The molecule has 0 saturated carbocycles. The van der Waals surface area contributed by atoms with E-state index < -0.39 is 5.91 Å². The van der Waals surface area contributed by atoms with Gasteiger partial charge >= 0.3 is 0 Å². The predicted octanol–water partition coefficient (Wildman–Crippen LogP) is -0.282. The third-order valence-electron chi connectivity index (χ3n) is 4.07. The Morgan fingerprint density at radius 2 is 2.14 bits per heavy atom. The van der Waals surface area contributed by atoms with E-state index in [9.17, 15) is 4.79 Å². The summed E-state index contributed by atoms with van der Waals surface area (Å²) < 4.78 is 11.1. The van der Waals surface area contributed by atoms with Gasteiger partial charge in [0.1, 0.15) is 5.82 Å². The summed E-state index contributed by atoms with van der Waals surface area (Å²) in [6.07, 6.45) is 1.86. The molecule has 3 heterocycles. The fourth-order valence-corrected chi connectivity index (χ4v) is 2.91. The average molecular weight is 306 g/mol. The van der Waals surface area contributed by atoms with Crippen molar-refractivity contribution in [3.63, 3.8) is 0 Å². The molecule has 2 fully saturated rings. The van der Waals surface area contributed by atoms with E-state index >= 15 is 0 Å². The zero-order valence-electron chi connectivity index (χ0n) is 12.6. The lowest BCUT2D eigenvalue weighted by Crippen LogP contribution is -2.50. The van der Waals surface area contributed by atoms with Crippen LogP contribution < -0.4 is 10.6 Å². The molecule has 0 spiro atoms. The number of ether oxygens (including phenoxy) is 2. The molecular formula is C15H22N4O3. The van der Waals surface area contributed by atoms with Gasteiger partial charge in [0.05, 0.1) is 31.5 Å². The highest BCUT2D eigenvalue weighted by atomic mass is 16.6. The van der Waals surface area contributed by atoms with Crippen LogP contribution in [0.2, 0.25) is 0 Å². The number of primary amides is 1. The molecule has 1 atom stereocenters. The SMILES string of the molecule is NC(=O)c1cccnc1N1CCN(C[C@@H]2COCCO2)CC1. The highest BCUT2D eigenvalue weighted by Gasteiger charge is 2.24. The minimum Gasteiger partial charge on any atom is -0.376 e. The Labute approximate surface area is 130 Å². The van der Waals surface area contributed by atoms with Crippen molar-refractivity contribution in [3.8, 4) is 0 Å². The Morgan fingerprint density at radius 3 is 2.82 bits per heavy atom. The zero-order valence-corrected chi connectivity index (χ0v) is 12.6. The zero-order chi connectivity index (χ0) is 15.4. The van der Waals surface area contributed by atoms with Crippen LogP contribution >= 0.6 is 0 Å². The number of aromatic nitrogens is 1. The molecule has 2 aliphatic rings. The lowest BCUT2D eigenvalue weighted by Gasteiger charge is -2.37. The number of nitrogens with two attached hydrogens (primary N) is 1. The van der Waals surface area contributed by atoms with Crippen molar-refractivity contribution < 1.29 is 14.3 Å². The molecule has 1 aromatic rings. The molecule has 22 heavy (non-hydrogen) atoms. The Hall–Kier alpha value is -1.70. The van der Waals surface area contributed by atoms with E-state index in [0.29, 0.717) is 31.2 Å². The second-order valence-electron chi connectivity index (χ2n) is 5.59. The number of piperazine rings is 1. The minimum absolute atomic E-state index is 0.163. The van der Waals surface area contributed by atoms with Crippen LogP contribution in [0.5, 0.6) is 0 Å². The van der Waals surface area contributed by atoms with Crippen LogP contribution in [0.3, 0.4) is 0 Å². The fourth-order valence-electron chi connectivity index (χ4n) is 2.91. The summed E-state index contributed by atoms with van der Waals surface area (Å²) in [6, 6.07) is 3.46. The molecule has 3 rings (SSSR count). The van der Waals surface area contributed by atoms with Gasteiger partial charge in [0.2, 0.25) is 0 Å². The second-order valence-corrected chi connectivity index (χ2v) is 5.59. The van der Waals surface area contributed by atoms with Gasteiger partial charge in [0.15, 0.2) is 0 Å². The molecule has 2 saturated heterocycles. The number of carbonyl (C=O) groups is 1. The molecule has 1 aromatic heterocycles. The van der Waals surface area contributed by atoms with Gasteiger partial charge in [-0.2, -0.15) is 0 Å². The standard InChI is InChI=1S/C15H22N4O3/c16-14(20)13-2-1-3-17-15(13)19-6-4-18(5-7-19)10-12-11-21-8-9-22-12/h1-3,12H,4-11H2,(H2,16,20)/t12-/m1/s1. The van der Waals surface area contributed by atoms with Crippen molar-refractivity contribution in [2.75, 3.05) is 57.4 Å². The first-order valence-electron chi connectivity index (χ1n) is 7.65. The molecule has 0 aliphatic carbocycles. The Balaban J connectivity index is 1.56. The Kier molecular flexibility index (Phi) is 4.87. The average Bonchev–Trinajstić information content (AvgIpc) is 2.56. The van der Waals surface area contributed by atoms with Crippen molar-refractivity contribution in [2.45, 2.75) is 6.10 Å². The van der Waals surface area contributed by atoms with Crippen molar-refractivity contribution in [1.29, 1.82) is 0 Å². The van der Waals surface area contributed by atoms with E-state index in [0.717, 1.165) is 32.7 Å². The number of carbonyl (C=O) groups excluding carboxylic acids is 1. The lowest BCUT2D eigenvalue weighted by molar-refractivity contribution is -0.0977. The predicted molar refractivity (Wildman–Crippen MR) is 82.0 cm³/mol. The lowest BCUT2D eigenvalue weighted by atomic mass is 10.2. The van der Waals surface area contributed by atoms with E-state index in [2.05, 4.69) is 14.8 Å². The first-order valence-corrected chi connectivity index (χ1v) is 7.65. The smallest absolute Gasteiger partial charge is 0.252 e. The van der Waals surface area contributed by atoms with Crippen molar-refractivity contribution >= 4 is 11.7 Å². The van der Waals surface area contributed by atoms with E-state index in [1.807, 2.05) is 0 Å². The van der Waals surface area contributed by atoms with Gasteiger partial charge in [-0.15, -0.1) is 0 Å². The van der Waals surface area contributed by atoms with Crippen molar-refractivity contribution in [1.82, 2.24) is 9.88 Å². The van der Waals surface area contributed by atoms with E-state index in [4.69, 9.17) is 15.2 Å². The molecule has 120 valence electrons. The largest absolute Gasteiger partial charge is 0.376 e. The Morgan fingerprint density at radius 1 is 1.32 bits per heavy atom. The molecule has 0 bridgehead atoms. The van der Waals surface area contributed by atoms with Crippen LogP contribution in [0.25, 0.3) is 0 Å². The maximum Gasteiger partial charge on any atom is 0.252 e. The number of anilines is 1. The third-order valence-corrected chi connectivity index (χ3v) is 4.07. The summed E-state index contributed by atoms with van der Waals surface area (Å²) in [6.45, 7) is 6.41. The van der Waals surface area contributed by atoms with E-state index in [-0.39, 0.29) is 6.10 Å². The van der Waals surface area contributed by atoms with Gasteiger partial charge in [0, 0.05) is 38.9 Å². The molecule has 7 nitrogen and oxygen atoms in total. The molecule has 2 N–H and O–H groups in total. The van der Waals surface area contributed by atoms with Crippen molar-refractivity contribution in [2.24, 2.45) is 5.73 Å². The summed E-state index contributed by atoms with van der Waals surface area (Å²) >= 11 is 0. The molecular weight excluding hydrogens is 284 g/mol. The maximum absolute atomic E-state index is 11.5. The Bertz CT molecular complexity index is 511. The number of amides is 1. The number of nitrogens with zero attached hydrogens (tertiary/aromatic N) is 3. The van der Waals surface area contributed by atoms with Gasteiger partial charge in [-0.25, -0.2) is 4.98 Å². The summed E-state index contributed by atoms with van der Waals surface area (Å²) in [5.41, 5.74) is 5.91. The molecule has 0 aromatic carbocycles. The summed E-state index contributed by atoms with van der Waals surface area (Å²) in [7, 11) is 0. The molecule has 0 radical (unpaired) electrons. The maximum atomic E-state index is 11.5. The quantitative estimate of drug-likeness (QED) is 0.824. The highest BCUT2D eigenvalue weighted by Crippen LogP contribution is 2.18. The molecule has 7 heteroatoms. The third kappa shape index (κ3) is 3.55. The molecule has 0 unspecified atom stereocenters. The first-order chi connectivity index (χ1) is 10.7. The van der Waals surface area contributed by atoms with Gasteiger partial charge in [0.25, 0.3) is 5.91 Å². The fraction of sp³-hybridized carbons (Fsp3) is 0.600. The molecule has 2 aliphatic heterocycles. The first kappa shape index (κ1) is 15.2. The summed E-state index contributed by atoms with van der Waals surface area (Å²) in [4.78, 5) is 20.3. The number of hydrogen-bond acceptors (Lipinski definition) is 6. The minimum atomic E-state index is -0.432. The van der Waals surface area contributed by atoms with Gasteiger partial charge in [-0.05, 0) is 12.1 Å². The van der Waals surface area contributed by atoms with Gasteiger partial charge < -0.3 is 20.1 Å². The van der Waals surface area contributed by atoms with Crippen LogP contribution in [0.1, 0.15) is 10.4 Å². The molecule has 1 amide bonds. The monoisotopic (exact) mass is 306 g/mol. The summed E-state index contributed by atoms with van der Waals surface area (Å²) in [5, 5.41) is 0. The number of rotatable bonds is 4. The van der Waals surface area contributed by atoms with E-state index in [1.165, 1.54) is 0 Å². The van der Waals surface area contributed by atoms with Crippen LogP contribution in [0, 0.1) is 0 Å². The van der Waals surface area contributed by atoms with Gasteiger partial charge in [-0.1, -0.05) is 0 Å². The number of hydrogen-bond donors (Lipinski definition) is 1. The topological polar surface area (TPSA) is 80.9 Å².